The van der Waals surface area contributed by atoms with Crippen LogP contribution < -0.4 is 5.32 Å². The molecule has 7 heteroatoms. The van der Waals surface area contributed by atoms with Gasteiger partial charge < -0.3 is 5.32 Å². The minimum atomic E-state index is -4.37. The van der Waals surface area contributed by atoms with E-state index in [4.69, 9.17) is 0 Å². The second-order valence-electron chi connectivity index (χ2n) is 5.73. The van der Waals surface area contributed by atoms with E-state index in [0.717, 1.165) is 12.1 Å². The summed E-state index contributed by atoms with van der Waals surface area (Å²) in [4.78, 5) is 11.9. The van der Waals surface area contributed by atoms with Gasteiger partial charge in [-0.2, -0.15) is 18.3 Å². The monoisotopic (exact) mass is 337 g/mol. The summed E-state index contributed by atoms with van der Waals surface area (Å²) in [5, 5.41) is 6.83. The Kier molecular flexibility index (Phi) is 5.43. The summed E-state index contributed by atoms with van der Waals surface area (Å²) < 4.78 is 39.1. The third kappa shape index (κ3) is 4.97. The molecule has 0 radical (unpaired) electrons. The average molecular weight is 337 g/mol. The average Bonchev–Trinajstić information content (AvgIpc) is 2.91. The molecule has 24 heavy (non-hydrogen) atoms. The molecule has 1 aromatic heterocycles. The lowest BCUT2D eigenvalue weighted by molar-refractivity contribution is -0.137. The molecule has 128 valence electrons. The number of aromatic nitrogens is 2. The lowest BCUT2D eigenvalue weighted by atomic mass is 10.1. The molecule has 1 heterocycles. The van der Waals surface area contributed by atoms with Crippen molar-refractivity contribution in [3.8, 4) is 0 Å². The van der Waals surface area contributed by atoms with E-state index in [1.807, 2.05) is 13.8 Å². The number of hydrogen-bond acceptors (Lipinski definition) is 2. The SMILES string of the molecule is CC(C)Cn1nccc1NC(=O)/C=C/c1ccc(C(F)(F)F)cc1. The minimum absolute atomic E-state index is 0.375. The first-order valence-electron chi connectivity index (χ1n) is 7.44. The number of carbonyl (C=O) groups excluding carboxylic acids is 1. The van der Waals surface area contributed by atoms with Crippen LogP contribution in [0.25, 0.3) is 6.08 Å². The Balaban J connectivity index is 1.99. The van der Waals surface area contributed by atoms with Crippen molar-refractivity contribution in [2.75, 3.05) is 5.32 Å². The molecule has 0 saturated carbocycles. The summed E-state index contributed by atoms with van der Waals surface area (Å²) in [6, 6.07) is 6.28. The number of benzene rings is 1. The van der Waals surface area contributed by atoms with Crippen molar-refractivity contribution < 1.29 is 18.0 Å². The molecule has 1 amide bonds. The maximum absolute atomic E-state index is 12.5. The highest BCUT2D eigenvalue weighted by Crippen LogP contribution is 2.29. The van der Waals surface area contributed by atoms with Gasteiger partial charge in [-0.25, -0.2) is 4.68 Å². The largest absolute Gasteiger partial charge is 0.416 e. The number of halogens is 3. The number of amides is 1. The van der Waals surface area contributed by atoms with Crippen LogP contribution in [-0.4, -0.2) is 15.7 Å². The first kappa shape index (κ1) is 17.8. The van der Waals surface area contributed by atoms with Gasteiger partial charge in [-0.05, 0) is 29.7 Å². The standard InChI is InChI=1S/C17H18F3N3O/c1-12(2)11-23-15(9-10-21-23)22-16(24)8-5-13-3-6-14(7-4-13)17(18,19)20/h3-10,12H,11H2,1-2H3,(H,22,24)/b8-5+. The summed E-state index contributed by atoms with van der Waals surface area (Å²) in [5.41, 5.74) is -0.212. The Morgan fingerprint density at radius 3 is 2.50 bits per heavy atom. The molecule has 0 saturated heterocycles. The Morgan fingerprint density at radius 2 is 1.92 bits per heavy atom. The number of carbonyl (C=O) groups is 1. The van der Waals surface area contributed by atoms with Gasteiger partial charge in [-0.3, -0.25) is 4.79 Å². The first-order valence-corrected chi connectivity index (χ1v) is 7.44. The van der Waals surface area contributed by atoms with E-state index in [9.17, 15) is 18.0 Å². The summed E-state index contributed by atoms with van der Waals surface area (Å²) >= 11 is 0. The molecule has 0 aliphatic heterocycles. The van der Waals surface area contributed by atoms with Gasteiger partial charge in [0, 0.05) is 18.7 Å². The Morgan fingerprint density at radius 1 is 1.25 bits per heavy atom. The second-order valence-corrected chi connectivity index (χ2v) is 5.73. The third-order valence-corrected chi connectivity index (χ3v) is 3.17. The van der Waals surface area contributed by atoms with Gasteiger partial charge in [0.1, 0.15) is 5.82 Å². The van der Waals surface area contributed by atoms with Crippen LogP contribution in [0.5, 0.6) is 0 Å². The van der Waals surface area contributed by atoms with Gasteiger partial charge in [0.25, 0.3) is 0 Å². The number of alkyl halides is 3. The topological polar surface area (TPSA) is 46.9 Å². The van der Waals surface area contributed by atoms with E-state index < -0.39 is 11.7 Å². The van der Waals surface area contributed by atoms with E-state index >= 15 is 0 Å². The maximum atomic E-state index is 12.5. The first-order chi connectivity index (χ1) is 11.3. The molecule has 1 N–H and O–H groups in total. The summed E-state index contributed by atoms with van der Waals surface area (Å²) in [5.74, 6) is 0.578. The molecule has 0 bridgehead atoms. The Bertz CT molecular complexity index is 715. The van der Waals surface area contributed by atoms with Crippen molar-refractivity contribution in [1.82, 2.24) is 9.78 Å². The molecule has 0 unspecified atom stereocenters. The molecular weight excluding hydrogens is 319 g/mol. The van der Waals surface area contributed by atoms with Crippen LogP contribution in [-0.2, 0) is 17.5 Å². The lowest BCUT2D eigenvalue weighted by Crippen LogP contribution is -2.15. The van der Waals surface area contributed by atoms with Crippen molar-refractivity contribution in [1.29, 1.82) is 0 Å². The summed E-state index contributed by atoms with van der Waals surface area (Å²) in [6.45, 7) is 4.75. The van der Waals surface area contributed by atoms with Gasteiger partial charge >= 0.3 is 6.18 Å². The number of hydrogen-bond donors (Lipinski definition) is 1. The maximum Gasteiger partial charge on any atom is 0.416 e. The molecule has 0 fully saturated rings. The third-order valence-electron chi connectivity index (χ3n) is 3.17. The predicted octanol–water partition coefficient (Wildman–Crippen LogP) is 4.21. The second kappa shape index (κ2) is 7.33. The van der Waals surface area contributed by atoms with E-state index in [1.165, 1.54) is 24.3 Å². The highest BCUT2D eigenvalue weighted by atomic mass is 19.4. The van der Waals surface area contributed by atoms with Crippen LogP contribution in [0.3, 0.4) is 0 Å². The predicted molar refractivity (Wildman–Crippen MR) is 86.2 cm³/mol. The molecular formula is C17H18F3N3O. The van der Waals surface area contributed by atoms with Crippen LogP contribution in [0.15, 0.2) is 42.6 Å². The van der Waals surface area contributed by atoms with Gasteiger partial charge in [0.15, 0.2) is 0 Å². The fourth-order valence-electron chi connectivity index (χ4n) is 2.05. The molecule has 0 aliphatic rings. The van der Waals surface area contributed by atoms with E-state index in [2.05, 4.69) is 10.4 Å². The van der Waals surface area contributed by atoms with E-state index in [0.29, 0.717) is 23.8 Å². The van der Waals surface area contributed by atoms with Crippen molar-refractivity contribution in [3.05, 3.63) is 53.7 Å². The van der Waals surface area contributed by atoms with Gasteiger partial charge in [0.2, 0.25) is 5.91 Å². The molecule has 4 nitrogen and oxygen atoms in total. The minimum Gasteiger partial charge on any atom is -0.307 e. The number of anilines is 1. The Hall–Kier alpha value is -2.57. The van der Waals surface area contributed by atoms with Crippen molar-refractivity contribution >= 4 is 17.8 Å². The zero-order chi connectivity index (χ0) is 17.7. The van der Waals surface area contributed by atoms with Gasteiger partial charge in [-0.1, -0.05) is 26.0 Å². The molecule has 0 aliphatic carbocycles. The van der Waals surface area contributed by atoms with Crippen LogP contribution in [0.2, 0.25) is 0 Å². The quantitative estimate of drug-likeness (QED) is 0.831. The van der Waals surface area contributed by atoms with Crippen LogP contribution in [0.4, 0.5) is 19.0 Å². The highest BCUT2D eigenvalue weighted by molar-refractivity contribution is 6.01. The summed E-state index contributed by atoms with van der Waals surface area (Å²) in [7, 11) is 0. The van der Waals surface area contributed by atoms with Crippen molar-refractivity contribution in [3.63, 3.8) is 0 Å². The number of nitrogens with one attached hydrogen (secondary N) is 1. The molecule has 2 aromatic rings. The number of rotatable bonds is 5. The van der Waals surface area contributed by atoms with Gasteiger partial charge in [0.05, 0.1) is 11.8 Å². The molecule has 1 aromatic carbocycles. The molecule has 2 rings (SSSR count). The highest BCUT2D eigenvalue weighted by Gasteiger charge is 2.29. The van der Waals surface area contributed by atoms with Gasteiger partial charge in [-0.15, -0.1) is 0 Å². The summed E-state index contributed by atoms with van der Waals surface area (Å²) in [6.07, 6.45) is -0.0417. The van der Waals surface area contributed by atoms with Crippen molar-refractivity contribution in [2.24, 2.45) is 5.92 Å². The zero-order valence-electron chi connectivity index (χ0n) is 13.3. The molecule has 0 spiro atoms. The smallest absolute Gasteiger partial charge is 0.307 e. The van der Waals surface area contributed by atoms with Crippen LogP contribution in [0, 0.1) is 5.92 Å². The zero-order valence-corrected chi connectivity index (χ0v) is 13.3. The fourth-order valence-corrected chi connectivity index (χ4v) is 2.05. The van der Waals surface area contributed by atoms with E-state index in [-0.39, 0.29) is 5.91 Å². The van der Waals surface area contributed by atoms with Crippen LogP contribution >= 0.6 is 0 Å². The fraction of sp³-hybridized carbons (Fsp3) is 0.294. The number of nitrogens with zero attached hydrogens (tertiary/aromatic N) is 2. The van der Waals surface area contributed by atoms with E-state index in [1.54, 1.807) is 16.9 Å². The normalized spacial score (nSPS) is 12.1. The Labute approximate surface area is 138 Å². The molecule has 0 atom stereocenters. The van der Waals surface area contributed by atoms with Crippen LogP contribution in [0.1, 0.15) is 25.0 Å². The van der Waals surface area contributed by atoms with Crippen molar-refractivity contribution in [2.45, 2.75) is 26.6 Å². The lowest BCUT2D eigenvalue weighted by Gasteiger charge is -2.09.